The summed E-state index contributed by atoms with van der Waals surface area (Å²) >= 11 is 0. The van der Waals surface area contributed by atoms with Gasteiger partial charge in [0.05, 0.1) is 18.8 Å². The van der Waals surface area contributed by atoms with E-state index < -0.39 is 6.09 Å². The van der Waals surface area contributed by atoms with E-state index >= 15 is 0 Å². The molecule has 1 aliphatic rings. The Morgan fingerprint density at radius 3 is 3.11 bits per heavy atom. The molecule has 1 aromatic heterocycles. The lowest BCUT2D eigenvalue weighted by molar-refractivity contribution is 0.167. The van der Waals surface area contributed by atoms with Crippen LogP contribution < -0.4 is 16.0 Å². The lowest BCUT2D eigenvalue weighted by Gasteiger charge is -2.17. The number of aryl methyl sites for hydroxylation is 1. The molecule has 0 aliphatic carbocycles. The van der Waals surface area contributed by atoms with Crippen LogP contribution in [0.1, 0.15) is 17.8 Å². The predicted molar refractivity (Wildman–Crippen MR) is 70.8 cm³/mol. The van der Waals surface area contributed by atoms with E-state index in [2.05, 4.69) is 20.0 Å². The lowest BCUT2D eigenvalue weighted by Crippen LogP contribution is -2.37. The van der Waals surface area contributed by atoms with E-state index in [9.17, 15) is 4.79 Å². The molecule has 19 heavy (non-hydrogen) atoms. The van der Waals surface area contributed by atoms with E-state index in [0.29, 0.717) is 19.0 Å². The summed E-state index contributed by atoms with van der Waals surface area (Å²) in [5.74, 6) is 0.676. The zero-order valence-corrected chi connectivity index (χ0v) is 11.2. The highest BCUT2D eigenvalue weighted by Crippen LogP contribution is 2.17. The molecule has 7 heteroatoms. The monoisotopic (exact) mass is 265 g/mol. The highest BCUT2D eigenvalue weighted by molar-refractivity contribution is 5.67. The molecule has 0 aromatic carbocycles. The number of hydrogen-bond donors (Lipinski definition) is 2. The Morgan fingerprint density at radius 1 is 1.63 bits per heavy atom. The molecule has 1 atom stereocenters. The Balaban J connectivity index is 2.04. The molecule has 104 valence electrons. The van der Waals surface area contributed by atoms with E-state index in [1.807, 2.05) is 17.9 Å². The first-order valence-corrected chi connectivity index (χ1v) is 6.26. The number of alkyl carbamates (subject to hydrolysis) is 1. The zero-order chi connectivity index (χ0) is 13.8. The van der Waals surface area contributed by atoms with Gasteiger partial charge in [-0.1, -0.05) is 0 Å². The molecule has 1 aromatic rings. The number of amides is 1. The third kappa shape index (κ3) is 3.31. The fraction of sp³-hybridized carbons (Fsp3) is 0.583. The Hall–Kier alpha value is -1.89. The van der Waals surface area contributed by atoms with Gasteiger partial charge in [0.1, 0.15) is 0 Å². The molecule has 1 saturated heterocycles. The van der Waals surface area contributed by atoms with E-state index in [1.165, 1.54) is 7.11 Å². The summed E-state index contributed by atoms with van der Waals surface area (Å²) in [6.07, 6.45) is 0.448. The first-order chi connectivity index (χ1) is 9.12. The van der Waals surface area contributed by atoms with Gasteiger partial charge in [-0.2, -0.15) is 0 Å². The van der Waals surface area contributed by atoms with Gasteiger partial charge < -0.3 is 20.7 Å². The van der Waals surface area contributed by atoms with Crippen molar-refractivity contribution in [2.24, 2.45) is 5.73 Å². The van der Waals surface area contributed by atoms with Gasteiger partial charge in [-0.25, -0.2) is 14.8 Å². The minimum absolute atomic E-state index is 0.0675. The van der Waals surface area contributed by atoms with Crippen molar-refractivity contribution in [3.05, 3.63) is 17.5 Å². The third-order valence-corrected chi connectivity index (χ3v) is 3.08. The lowest BCUT2D eigenvalue weighted by atomic mass is 10.3. The maximum atomic E-state index is 11.2. The molecule has 1 aliphatic heterocycles. The first-order valence-electron chi connectivity index (χ1n) is 6.26. The molecule has 0 saturated carbocycles. The minimum Gasteiger partial charge on any atom is -0.453 e. The van der Waals surface area contributed by atoms with Gasteiger partial charge in [0, 0.05) is 25.3 Å². The third-order valence-electron chi connectivity index (χ3n) is 3.08. The van der Waals surface area contributed by atoms with E-state index in [-0.39, 0.29) is 6.04 Å². The standard InChI is InChI=1S/C12H19N5O2/c1-8-5-10(6-13)15-11(14-8)17-4-3-9(7-17)16-12(18)19-2/h5,9H,3-4,6-7,13H2,1-2H3,(H,16,18). The maximum Gasteiger partial charge on any atom is 0.407 e. The van der Waals surface area contributed by atoms with Crippen molar-refractivity contribution in [2.45, 2.75) is 25.9 Å². The number of anilines is 1. The zero-order valence-electron chi connectivity index (χ0n) is 11.2. The molecule has 3 N–H and O–H groups in total. The van der Waals surface area contributed by atoms with Gasteiger partial charge in [0.2, 0.25) is 5.95 Å². The van der Waals surface area contributed by atoms with Crippen LogP contribution >= 0.6 is 0 Å². The fourth-order valence-corrected chi connectivity index (χ4v) is 2.15. The van der Waals surface area contributed by atoms with E-state index in [0.717, 1.165) is 24.4 Å². The number of rotatable bonds is 3. The van der Waals surface area contributed by atoms with Crippen LogP contribution in [0.4, 0.5) is 10.7 Å². The van der Waals surface area contributed by atoms with Gasteiger partial charge in [0.25, 0.3) is 0 Å². The summed E-state index contributed by atoms with van der Waals surface area (Å²) in [4.78, 5) is 22.0. The number of hydrogen-bond acceptors (Lipinski definition) is 6. The molecule has 2 heterocycles. The van der Waals surface area contributed by atoms with Gasteiger partial charge in [0.15, 0.2) is 0 Å². The Labute approximate surface area is 112 Å². The summed E-state index contributed by atoms with van der Waals surface area (Å²) in [7, 11) is 1.36. The molecule has 0 bridgehead atoms. The normalized spacial score (nSPS) is 18.5. The molecule has 2 rings (SSSR count). The molecule has 7 nitrogen and oxygen atoms in total. The number of carbonyl (C=O) groups excluding carboxylic acids is 1. The smallest absolute Gasteiger partial charge is 0.407 e. The van der Waals surface area contributed by atoms with Crippen LogP contribution in [0.2, 0.25) is 0 Å². The molecule has 1 unspecified atom stereocenters. The van der Waals surface area contributed by atoms with E-state index in [4.69, 9.17) is 5.73 Å². The van der Waals surface area contributed by atoms with Crippen LogP contribution in [-0.4, -0.2) is 42.3 Å². The average molecular weight is 265 g/mol. The highest BCUT2D eigenvalue weighted by atomic mass is 16.5. The number of nitrogens with one attached hydrogen (secondary N) is 1. The predicted octanol–water partition coefficient (Wildman–Crippen LogP) is 0.178. The number of methoxy groups -OCH3 is 1. The summed E-state index contributed by atoms with van der Waals surface area (Å²) < 4.78 is 4.59. The van der Waals surface area contributed by atoms with Crippen molar-refractivity contribution < 1.29 is 9.53 Å². The van der Waals surface area contributed by atoms with Crippen LogP contribution in [0, 0.1) is 6.92 Å². The van der Waals surface area contributed by atoms with Crippen LogP contribution in [0.3, 0.4) is 0 Å². The minimum atomic E-state index is -0.403. The van der Waals surface area contributed by atoms with E-state index in [1.54, 1.807) is 0 Å². The fourth-order valence-electron chi connectivity index (χ4n) is 2.15. The van der Waals surface area contributed by atoms with Crippen molar-refractivity contribution in [1.29, 1.82) is 0 Å². The van der Waals surface area contributed by atoms with Crippen molar-refractivity contribution in [1.82, 2.24) is 15.3 Å². The SMILES string of the molecule is COC(=O)NC1CCN(c2nc(C)cc(CN)n2)C1. The van der Waals surface area contributed by atoms with Crippen LogP contribution in [0.15, 0.2) is 6.07 Å². The second kappa shape index (κ2) is 5.83. The summed E-state index contributed by atoms with van der Waals surface area (Å²) in [6.45, 7) is 3.81. The van der Waals surface area contributed by atoms with Crippen LogP contribution in [-0.2, 0) is 11.3 Å². The Morgan fingerprint density at radius 2 is 2.42 bits per heavy atom. The summed E-state index contributed by atoms with van der Waals surface area (Å²) in [5.41, 5.74) is 7.34. The van der Waals surface area contributed by atoms with Crippen molar-refractivity contribution in [3.63, 3.8) is 0 Å². The van der Waals surface area contributed by atoms with Crippen molar-refractivity contribution in [3.8, 4) is 0 Å². The second-order valence-corrected chi connectivity index (χ2v) is 4.57. The topological polar surface area (TPSA) is 93.4 Å². The van der Waals surface area contributed by atoms with Crippen molar-refractivity contribution >= 4 is 12.0 Å². The number of aromatic nitrogens is 2. The van der Waals surface area contributed by atoms with Crippen molar-refractivity contribution in [2.75, 3.05) is 25.1 Å². The number of nitrogens with two attached hydrogens (primary N) is 1. The Kier molecular flexibility index (Phi) is 4.16. The molecule has 1 amide bonds. The van der Waals surface area contributed by atoms with Gasteiger partial charge in [-0.15, -0.1) is 0 Å². The number of nitrogens with zero attached hydrogens (tertiary/aromatic N) is 3. The number of ether oxygens (including phenoxy) is 1. The molecule has 0 spiro atoms. The largest absolute Gasteiger partial charge is 0.453 e. The molecular formula is C12H19N5O2. The second-order valence-electron chi connectivity index (χ2n) is 4.57. The molecule has 0 radical (unpaired) electrons. The quantitative estimate of drug-likeness (QED) is 0.809. The van der Waals surface area contributed by atoms with Gasteiger partial charge >= 0.3 is 6.09 Å². The summed E-state index contributed by atoms with van der Waals surface area (Å²) in [6, 6.07) is 1.95. The summed E-state index contributed by atoms with van der Waals surface area (Å²) in [5, 5.41) is 2.79. The van der Waals surface area contributed by atoms with Crippen LogP contribution in [0.5, 0.6) is 0 Å². The average Bonchev–Trinajstić information content (AvgIpc) is 2.86. The van der Waals surface area contributed by atoms with Gasteiger partial charge in [-0.3, -0.25) is 0 Å². The maximum absolute atomic E-state index is 11.2. The number of carbonyl (C=O) groups is 1. The van der Waals surface area contributed by atoms with Crippen LogP contribution in [0.25, 0.3) is 0 Å². The molecule has 1 fully saturated rings. The van der Waals surface area contributed by atoms with Gasteiger partial charge in [-0.05, 0) is 19.4 Å². The highest BCUT2D eigenvalue weighted by Gasteiger charge is 2.26. The first kappa shape index (κ1) is 13.5. The molecular weight excluding hydrogens is 246 g/mol. The Bertz CT molecular complexity index is 465.